The van der Waals surface area contributed by atoms with E-state index in [1.807, 2.05) is 0 Å². The molecule has 0 bridgehead atoms. The van der Waals surface area contributed by atoms with E-state index in [4.69, 9.17) is 4.74 Å². The molecule has 0 atom stereocenters. The lowest BCUT2D eigenvalue weighted by Crippen LogP contribution is -2.37. The second-order valence-electron chi connectivity index (χ2n) is 4.19. The lowest BCUT2D eigenvalue weighted by atomic mass is 10.2. The Morgan fingerprint density at radius 3 is 2.71 bits per heavy atom. The summed E-state index contributed by atoms with van der Waals surface area (Å²) in [6, 6.07) is 6.66. The van der Waals surface area contributed by atoms with Crippen molar-refractivity contribution in [2.75, 3.05) is 27.3 Å². The number of guanidine groups is 1. The monoisotopic (exact) mass is 301 g/mol. The molecule has 0 radical (unpaired) electrons. The number of halogens is 2. The maximum Gasteiger partial charge on any atom is 0.387 e. The Morgan fingerprint density at radius 2 is 2.05 bits per heavy atom. The van der Waals surface area contributed by atoms with E-state index in [9.17, 15) is 8.78 Å². The van der Waals surface area contributed by atoms with Gasteiger partial charge in [0.05, 0.1) is 0 Å². The zero-order valence-corrected chi connectivity index (χ0v) is 12.2. The Morgan fingerprint density at radius 1 is 1.29 bits per heavy atom. The molecule has 0 amide bonds. The molecule has 1 rings (SSSR count). The summed E-state index contributed by atoms with van der Waals surface area (Å²) in [5, 5.41) is 6.15. The van der Waals surface area contributed by atoms with Gasteiger partial charge in [0.15, 0.2) is 5.96 Å². The van der Waals surface area contributed by atoms with Gasteiger partial charge in [-0.25, -0.2) is 0 Å². The van der Waals surface area contributed by atoms with Crippen molar-refractivity contribution in [3.8, 4) is 5.75 Å². The van der Waals surface area contributed by atoms with Gasteiger partial charge in [-0.3, -0.25) is 4.99 Å². The van der Waals surface area contributed by atoms with Crippen LogP contribution in [0.4, 0.5) is 8.78 Å². The van der Waals surface area contributed by atoms with Crippen LogP contribution >= 0.6 is 0 Å². The van der Waals surface area contributed by atoms with E-state index < -0.39 is 6.61 Å². The smallest absolute Gasteiger partial charge is 0.387 e. The molecule has 7 heteroatoms. The Balaban J connectivity index is 2.49. The first-order valence-electron chi connectivity index (χ1n) is 6.63. The predicted molar refractivity (Wildman–Crippen MR) is 77.8 cm³/mol. The third-order valence-electron chi connectivity index (χ3n) is 2.68. The SMILES string of the molecule is CN=C(NCCCOC)NCc1ccccc1OC(F)F. The molecule has 0 heterocycles. The lowest BCUT2D eigenvalue weighted by Gasteiger charge is -2.14. The van der Waals surface area contributed by atoms with Gasteiger partial charge in [0.25, 0.3) is 0 Å². The second-order valence-corrected chi connectivity index (χ2v) is 4.19. The fourth-order valence-electron chi connectivity index (χ4n) is 1.68. The highest BCUT2D eigenvalue weighted by molar-refractivity contribution is 5.79. The Bertz CT molecular complexity index is 442. The molecule has 0 unspecified atom stereocenters. The van der Waals surface area contributed by atoms with Crippen LogP contribution in [0.1, 0.15) is 12.0 Å². The van der Waals surface area contributed by atoms with Gasteiger partial charge in [-0.1, -0.05) is 18.2 Å². The molecule has 0 saturated carbocycles. The molecule has 118 valence electrons. The fourth-order valence-corrected chi connectivity index (χ4v) is 1.68. The van der Waals surface area contributed by atoms with Gasteiger partial charge in [0.1, 0.15) is 5.75 Å². The molecule has 0 spiro atoms. The Labute approximate surface area is 123 Å². The maximum absolute atomic E-state index is 12.3. The van der Waals surface area contributed by atoms with E-state index >= 15 is 0 Å². The molecule has 0 aliphatic carbocycles. The van der Waals surface area contributed by atoms with Crippen LogP contribution in [0.15, 0.2) is 29.3 Å². The van der Waals surface area contributed by atoms with Gasteiger partial charge in [-0.15, -0.1) is 0 Å². The lowest BCUT2D eigenvalue weighted by molar-refractivity contribution is -0.0504. The summed E-state index contributed by atoms with van der Waals surface area (Å²) in [6.45, 7) is -1.12. The van der Waals surface area contributed by atoms with E-state index in [2.05, 4.69) is 20.4 Å². The number of nitrogens with zero attached hydrogens (tertiary/aromatic N) is 1. The highest BCUT2D eigenvalue weighted by Crippen LogP contribution is 2.19. The minimum atomic E-state index is -2.84. The molecule has 5 nitrogen and oxygen atoms in total. The number of nitrogens with one attached hydrogen (secondary N) is 2. The average molecular weight is 301 g/mol. The standard InChI is InChI=1S/C14H21F2N3O2/c1-17-14(18-8-5-9-20-2)19-10-11-6-3-4-7-12(11)21-13(15)16/h3-4,6-7,13H,5,8-10H2,1-2H3,(H2,17,18,19). The summed E-state index contributed by atoms with van der Waals surface area (Å²) in [6.07, 6.45) is 0.849. The van der Waals surface area contributed by atoms with Crippen LogP contribution in [0.25, 0.3) is 0 Å². The van der Waals surface area contributed by atoms with Crippen LogP contribution in [-0.2, 0) is 11.3 Å². The molecule has 2 N–H and O–H groups in total. The fraction of sp³-hybridized carbons (Fsp3) is 0.500. The average Bonchev–Trinajstić information content (AvgIpc) is 2.47. The van der Waals surface area contributed by atoms with Gasteiger partial charge in [0.2, 0.25) is 0 Å². The Hall–Kier alpha value is -1.89. The molecule has 1 aromatic rings. The second kappa shape index (κ2) is 9.93. The quantitative estimate of drug-likeness (QED) is 0.438. The van der Waals surface area contributed by atoms with Gasteiger partial charge in [-0.05, 0) is 12.5 Å². The molecular weight excluding hydrogens is 280 g/mol. The number of rotatable bonds is 8. The highest BCUT2D eigenvalue weighted by Gasteiger charge is 2.09. The summed E-state index contributed by atoms with van der Waals surface area (Å²) in [4.78, 5) is 4.06. The summed E-state index contributed by atoms with van der Waals surface area (Å²) >= 11 is 0. The zero-order chi connectivity index (χ0) is 15.5. The van der Waals surface area contributed by atoms with E-state index in [1.54, 1.807) is 32.4 Å². The van der Waals surface area contributed by atoms with Crippen molar-refractivity contribution < 1.29 is 18.3 Å². The number of methoxy groups -OCH3 is 1. The summed E-state index contributed by atoms with van der Waals surface area (Å²) < 4.78 is 34.1. The van der Waals surface area contributed by atoms with Crippen molar-refractivity contribution in [1.82, 2.24) is 10.6 Å². The molecule has 1 aromatic carbocycles. The van der Waals surface area contributed by atoms with Crippen LogP contribution in [0.3, 0.4) is 0 Å². The van der Waals surface area contributed by atoms with Crippen molar-refractivity contribution >= 4 is 5.96 Å². The molecular formula is C14H21F2N3O2. The van der Waals surface area contributed by atoms with Crippen LogP contribution in [0.2, 0.25) is 0 Å². The van der Waals surface area contributed by atoms with Gasteiger partial charge in [-0.2, -0.15) is 8.78 Å². The van der Waals surface area contributed by atoms with E-state index in [-0.39, 0.29) is 5.75 Å². The molecule has 0 fully saturated rings. The predicted octanol–water partition coefficient (Wildman–Crippen LogP) is 1.99. The summed E-state index contributed by atoms with van der Waals surface area (Å²) in [7, 11) is 3.29. The maximum atomic E-state index is 12.3. The van der Waals surface area contributed by atoms with Crippen molar-refractivity contribution in [2.24, 2.45) is 4.99 Å². The zero-order valence-electron chi connectivity index (χ0n) is 12.2. The first-order valence-corrected chi connectivity index (χ1v) is 6.63. The van der Waals surface area contributed by atoms with Crippen molar-refractivity contribution in [3.63, 3.8) is 0 Å². The van der Waals surface area contributed by atoms with E-state index in [1.165, 1.54) is 6.07 Å². The topological polar surface area (TPSA) is 54.9 Å². The number of aliphatic imine (C=N–C) groups is 1. The summed E-state index contributed by atoms with van der Waals surface area (Å²) in [5.41, 5.74) is 0.637. The van der Waals surface area contributed by atoms with Crippen LogP contribution in [-0.4, -0.2) is 39.9 Å². The molecule has 0 aromatic heterocycles. The molecule has 0 aliphatic heterocycles. The first kappa shape index (κ1) is 17.2. The van der Waals surface area contributed by atoms with Crippen LogP contribution in [0, 0.1) is 0 Å². The normalized spacial score (nSPS) is 11.6. The van der Waals surface area contributed by atoms with Gasteiger partial charge in [0, 0.05) is 39.4 Å². The minimum absolute atomic E-state index is 0.162. The van der Waals surface area contributed by atoms with Crippen LogP contribution < -0.4 is 15.4 Å². The molecule has 21 heavy (non-hydrogen) atoms. The first-order chi connectivity index (χ1) is 10.2. The molecule has 0 aliphatic rings. The number of alkyl halides is 2. The van der Waals surface area contributed by atoms with E-state index in [0.717, 1.165) is 6.42 Å². The summed E-state index contributed by atoms with van der Waals surface area (Å²) in [5.74, 6) is 0.757. The van der Waals surface area contributed by atoms with Crippen molar-refractivity contribution in [1.29, 1.82) is 0 Å². The van der Waals surface area contributed by atoms with Crippen LogP contribution in [0.5, 0.6) is 5.75 Å². The minimum Gasteiger partial charge on any atom is -0.434 e. The Kier molecular flexibility index (Phi) is 8.11. The third-order valence-corrected chi connectivity index (χ3v) is 2.68. The number of hydrogen-bond acceptors (Lipinski definition) is 3. The number of para-hydroxylation sites is 1. The third kappa shape index (κ3) is 6.89. The van der Waals surface area contributed by atoms with Crippen molar-refractivity contribution in [3.05, 3.63) is 29.8 Å². The number of ether oxygens (including phenoxy) is 2. The highest BCUT2D eigenvalue weighted by atomic mass is 19.3. The van der Waals surface area contributed by atoms with Gasteiger partial charge < -0.3 is 20.1 Å². The van der Waals surface area contributed by atoms with Crippen molar-refractivity contribution in [2.45, 2.75) is 19.6 Å². The van der Waals surface area contributed by atoms with Gasteiger partial charge >= 0.3 is 6.61 Å². The van der Waals surface area contributed by atoms with E-state index in [0.29, 0.717) is 31.2 Å². The number of benzene rings is 1. The number of hydrogen-bond donors (Lipinski definition) is 2. The largest absolute Gasteiger partial charge is 0.434 e. The molecule has 0 saturated heterocycles.